The van der Waals surface area contributed by atoms with E-state index in [1.54, 1.807) is 17.6 Å². The van der Waals surface area contributed by atoms with Crippen molar-refractivity contribution < 1.29 is 4.79 Å². The fourth-order valence-corrected chi connectivity index (χ4v) is 4.20. The van der Waals surface area contributed by atoms with Crippen LogP contribution < -0.4 is 0 Å². The first-order valence-electron chi connectivity index (χ1n) is 9.39. The first-order valence-corrected chi connectivity index (χ1v) is 9.39. The number of aromatic nitrogens is 3. The average molecular weight is 344 g/mol. The second kappa shape index (κ2) is 7.96. The average Bonchev–Trinajstić information content (AvgIpc) is 3.16. The number of carbonyl (C=O) groups is 1. The Morgan fingerprint density at radius 2 is 2.12 bits per heavy atom. The van der Waals surface area contributed by atoms with Crippen molar-refractivity contribution in [3.63, 3.8) is 0 Å². The number of piperidine rings is 1. The predicted octanol–water partition coefficient (Wildman–Crippen LogP) is 1.82. The number of nitrogens with zero attached hydrogens (tertiary/aromatic N) is 6. The Hall–Kier alpha value is -1.94. The van der Waals surface area contributed by atoms with Gasteiger partial charge < -0.3 is 4.90 Å². The van der Waals surface area contributed by atoms with Gasteiger partial charge in [-0.25, -0.2) is 4.98 Å². The lowest BCUT2D eigenvalue weighted by Gasteiger charge is -2.41. The van der Waals surface area contributed by atoms with Crippen molar-refractivity contribution in [1.82, 2.24) is 24.6 Å². The van der Waals surface area contributed by atoms with Crippen molar-refractivity contribution in [3.8, 4) is 6.07 Å². The number of hydrogen-bond donors (Lipinski definition) is 0. The van der Waals surface area contributed by atoms with E-state index in [-0.39, 0.29) is 5.91 Å². The molecule has 1 aromatic rings. The molecule has 0 N–H and O–H groups in total. The van der Waals surface area contributed by atoms with Crippen LogP contribution in [0.25, 0.3) is 0 Å². The maximum atomic E-state index is 12.9. The van der Waals surface area contributed by atoms with Crippen LogP contribution in [-0.2, 0) is 11.3 Å². The zero-order valence-corrected chi connectivity index (χ0v) is 15.1. The Balaban J connectivity index is 1.64. The van der Waals surface area contributed by atoms with Gasteiger partial charge in [-0.15, -0.1) is 0 Å². The van der Waals surface area contributed by atoms with Gasteiger partial charge in [0, 0.05) is 13.1 Å². The third kappa shape index (κ3) is 4.01. The maximum absolute atomic E-state index is 12.9. The van der Waals surface area contributed by atoms with E-state index >= 15 is 0 Å². The second-order valence-electron chi connectivity index (χ2n) is 7.39. The molecular formula is C18H28N6O. The molecule has 7 nitrogen and oxygen atoms in total. The normalized spacial score (nSPS) is 23.8. The van der Waals surface area contributed by atoms with E-state index in [9.17, 15) is 10.1 Å². The molecule has 1 aliphatic carbocycles. The highest BCUT2D eigenvalue weighted by molar-refractivity contribution is 5.79. The summed E-state index contributed by atoms with van der Waals surface area (Å²) in [4.78, 5) is 20.9. The van der Waals surface area contributed by atoms with Crippen LogP contribution in [0.15, 0.2) is 12.7 Å². The quantitative estimate of drug-likeness (QED) is 0.814. The van der Waals surface area contributed by atoms with Crippen LogP contribution in [0.3, 0.4) is 0 Å². The molecule has 1 saturated carbocycles. The number of likely N-dealkylation sites (N-methyl/N-ethyl adjacent to an activating group) is 1. The van der Waals surface area contributed by atoms with Gasteiger partial charge in [-0.05, 0) is 32.2 Å². The van der Waals surface area contributed by atoms with Gasteiger partial charge in [-0.2, -0.15) is 10.4 Å². The minimum absolute atomic E-state index is 0.0638. The van der Waals surface area contributed by atoms with Crippen LogP contribution in [-0.4, -0.2) is 62.2 Å². The van der Waals surface area contributed by atoms with E-state index in [1.165, 1.54) is 6.42 Å². The molecule has 2 aliphatic rings. The molecular weight excluding hydrogens is 316 g/mol. The van der Waals surface area contributed by atoms with E-state index in [2.05, 4.69) is 21.1 Å². The fourth-order valence-electron chi connectivity index (χ4n) is 4.20. The monoisotopic (exact) mass is 344 g/mol. The summed E-state index contributed by atoms with van der Waals surface area (Å²) >= 11 is 0. The smallest absolute Gasteiger partial charge is 0.237 e. The zero-order valence-electron chi connectivity index (χ0n) is 15.1. The van der Waals surface area contributed by atoms with E-state index in [0.717, 1.165) is 58.0 Å². The molecule has 25 heavy (non-hydrogen) atoms. The standard InChI is InChI=1S/C18H28N6O/c1-22(18(13-19)8-4-2-5-9-18)17(25)12-23-10-6-3-7-16(23)11-24-15-20-14-21-24/h14-16H,2-12H2,1H3/t16-/m0/s1. The molecule has 1 aliphatic heterocycles. The van der Waals surface area contributed by atoms with Gasteiger partial charge in [0.15, 0.2) is 0 Å². The number of nitriles is 1. The van der Waals surface area contributed by atoms with Crippen LogP contribution in [0.5, 0.6) is 0 Å². The van der Waals surface area contributed by atoms with Crippen molar-refractivity contribution in [1.29, 1.82) is 5.26 Å². The third-order valence-corrected chi connectivity index (χ3v) is 5.86. The Labute approximate surface area is 149 Å². The van der Waals surface area contributed by atoms with Crippen molar-refractivity contribution in [2.24, 2.45) is 0 Å². The predicted molar refractivity (Wildman–Crippen MR) is 93.4 cm³/mol. The second-order valence-corrected chi connectivity index (χ2v) is 7.39. The van der Waals surface area contributed by atoms with Crippen LogP contribution in [0.4, 0.5) is 0 Å². The van der Waals surface area contributed by atoms with Gasteiger partial charge >= 0.3 is 0 Å². The summed E-state index contributed by atoms with van der Waals surface area (Å²) in [6.45, 7) is 2.08. The lowest BCUT2D eigenvalue weighted by molar-refractivity contribution is -0.137. The highest BCUT2D eigenvalue weighted by Gasteiger charge is 2.39. The number of hydrogen-bond acceptors (Lipinski definition) is 5. The van der Waals surface area contributed by atoms with Crippen LogP contribution in [0.2, 0.25) is 0 Å². The molecule has 0 aromatic carbocycles. The Bertz CT molecular complexity index is 602. The summed E-state index contributed by atoms with van der Waals surface area (Å²) in [5.41, 5.74) is -0.605. The van der Waals surface area contributed by atoms with Gasteiger partial charge in [0.25, 0.3) is 0 Å². The van der Waals surface area contributed by atoms with Crippen LogP contribution >= 0.6 is 0 Å². The van der Waals surface area contributed by atoms with Crippen molar-refractivity contribution >= 4 is 5.91 Å². The van der Waals surface area contributed by atoms with Gasteiger partial charge in [-0.3, -0.25) is 14.4 Å². The summed E-state index contributed by atoms with van der Waals surface area (Å²) in [7, 11) is 1.81. The van der Waals surface area contributed by atoms with E-state index in [1.807, 2.05) is 11.7 Å². The maximum Gasteiger partial charge on any atom is 0.237 e. The minimum atomic E-state index is -0.605. The molecule has 1 amide bonds. The molecule has 1 saturated heterocycles. The minimum Gasteiger partial charge on any atom is -0.326 e. The summed E-state index contributed by atoms with van der Waals surface area (Å²) in [6.07, 6.45) is 11.5. The zero-order chi connectivity index (χ0) is 17.7. The van der Waals surface area contributed by atoms with Gasteiger partial charge in [0.1, 0.15) is 18.2 Å². The van der Waals surface area contributed by atoms with E-state index in [0.29, 0.717) is 12.6 Å². The topological polar surface area (TPSA) is 78.1 Å². The first kappa shape index (κ1) is 17.9. The van der Waals surface area contributed by atoms with Crippen LogP contribution in [0, 0.1) is 11.3 Å². The largest absolute Gasteiger partial charge is 0.326 e. The fraction of sp³-hybridized carbons (Fsp3) is 0.778. The Morgan fingerprint density at radius 3 is 2.80 bits per heavy atom. The highest BCUT2D eigenvalue weighted by atomic mass is 16.2. The van der Waals surface area contributed by atoms with E-state index in [4.69, 9.17) is 0 Å². The Kier molecular flexibility index (Phi) is 5.69. The molecule has 3 rings (SSSR count). The summed E-state index contributed by atoms with van der Waals surface area (Å²) in [5, 5.41) is 13.9. The molecule has 7 heteroatoms. The molecule has 1 aromatic heterocycles. The molecule has 2 heterocycles. The van der Waals surface area contributed by atoms with Crippen molar-refractivity contribution in [2.45, 2.75) is 69.5 Å². The Morgan fingerprint density at radius 1 is 1.32 bits per heavy atom. The summed E-state index contributed by atoms with van der Waals surface area (Å²) in [6, 6.07) is 2.75. The summed E-state index contributed by atoms with van der Waals surface area (Å²) < 4.78 is 1.84. The number of carbonyl (C=O) groups excluding carboxylic acids is 1. The van der Waals surface area contributed by atoms with Crippen molar-refractivity contribution in [2.75, 3.05) is 20.1 Å². The first-order chi connectivity index (χ1) is 12.1. The molecule has 0 unspecified atom stereocenters. The number of amides is 1. The molecule has 1 atom stereocenters. The lowest BCUT2D eigenvalue weighted by Crippen LogP contribution is -2.54. The number of likely N-dealkylation sites (tertiary alicyclic amines) is 1. The van der Waals surface area contributed by atoms with Gasteiger partial charge in [0.2, 0.25) is 5.91 Å². The lowest BCUT2D eigenvalue weighted by atomic mass is 9.81. The molecule has 2 fully saturated rings. The molecule has 136 valence electrons. The van der Waals surface area contributed by atoms with Gasteiger partial charge in [0.05, 0.1) is 19.2 Å². The van der Waals surface area contributed by atoms with Crippen molar-refractivity contribution in [3.05, 3.63) is 12.7 Å². The van der Waals surface area contributed by atoms with Crippen LogP contribution in [0.1, 0.15) is 51.4 Å². The number of rotatable bonds is 5. The molecule has 0 bridgehead atoms. The highest BCUT2D eigenvalue weighted by Crippen LogP contribution is 2.32. The SMILES string of the molecule is CN(C(=O)CN1CCCC[C@H]1Cn1cncn1)C1(C#N)CCCCC1. The third-order valence-electron chi connectivity index (χ3n) is 5.86. The van der Waals surface area contributed by atoms with Gasteiger partial charge in [-0.1, -0.05) is 25.7 Å². The summed E-state index contributed by atoms with van der Waals surface area (Å²) in [5.74, 6) is 0.0638. The van der Waals surface area contributed by atoms with E-state index < -0.39 is 5.54 Å². The molecule has 0 radical (unpaired) electrons. The molecule has 0 spiro atoms.